The van der Waals surface area contributed by atoms with Crippen LogP contribution in [0.3, 0.4) is 0 Å². The van der Waals surface area contributed by atoms with Crippen molar-refractivity contribution in [2.24, 2.45) is 5.73 Å². The van der Waals surface area contributed by atoms with Gasteiger partial charge in [0.15, 0.2) is 5.16 Å². The maximum absolute atomic E-state index is 11.0. The second kappa shape index (κ2) is 7.49. The normalized spacial score (nSPS) is 11.0. The summed E-state index contributed by atoms with van der Waals surface area (Å²) in [6, 6.07) is 14.7. The summed E-state index contributed by atoms with van der Waals surface area (Å²) in [5.41, 5.74) is 6.50. The van der Waals surface area contributed by atoms with Crippen molar-refractivity contribution in [3.05, 3.63) is 53.9 Å². The molecule has 2 N–H and O–H groups in total. The van der Waals surface area contributed by atoms with E-state index in [4.69, 9.17) is 5.73 Å². The number of amides is 1. The summed E-state index contributed by atoms with van der Waals surface area (Å²) in [6.07, 6.45) is 0.830. The monoisotopic (exact) mass is 340 g/mol. The fraction of sp³-hybridized carbons (Fsp3) is 0.278. The van der Waals surface area contributed by atoms with E-state index in [0.717, 1.165) is 23.3 Å². The lowest BCUT2D eigenvalue weighted by Gasteiger charge is -2.08. The molecule has 0 aliphatic carbocycles. The number of hydrogen-bond donors (Lipinski definition) is 1. The first kappa shape index (κ1) is 16.5. The highest BCUT2D eigenvalue weighted by Gasteiger charge is 2.12. The van der Waals surface area contributed by atoms with Crippen molar-refractivity contribution in [2.75, 3.05) is 0 Å². The Labute approximate surface area is 145 Å². The summed E-state index contributed by atoms with van der Waals surface area (Å²) < 4.78 is 2.05. The molecule has 0 saturated carbocycles. The molecule has 5 nitrogen and oxygen atoms in total. The molecule has 124 valence electrons. The Hall–Kier alpha value is -2.34. The van der Waals surface area contributed by atoms with Crippen LogP contribution in [0.5, 0.6) is 0 Å². The van der Waals surface area contributed by atoms with Gasteiger partial charge in [-0.15, -0.1) is 10.2 Å². The van der Waals surface area contributed by atoms with E-state index in [1.54, 1.807) is 11.8 Å². The van der Waals surface area contributed by atoms with E-state index >= 15 is 0 Å². The fourth-order valence-electron chi connectivity index (χ4n) is 2.72. The third-order valence-electron chi connectivity index (χ3n) is 3.94. The van der Waals surface area contributed by atoms with Crippen LogP contribution in [0.2, 0.25) is 0 Å². The van der Waals surface area contributed by atoms with E-state index in [0.29, 0.717) is 12.8 Å². The van der Waals surface area contributed by atoms with Crippen molar-refractivity contribution >= 4 is 28.4 Å². The van der Waals surface area contributed by atoms with Gasteiger partial charge in [-0.05, 0) is 23.3 Å². The average molecular weight is 340 g/mol. The van der Waals surface area contributed by atoms with Gasteiger partial charge in [0.1, 0.15) is 5.82 Å². The van der Waals surface area contributed by atoms with Crippen molar-refractivity contribution in [3.8, 4) is 0 Å². The maximum Gasteiger partial charge on any atom is 0.217 e. The van der Waals surface area contributed by atoms with Gasteiger partial charge in [0, 0.05) is 25.1 Å². The SMILES string of the molecule is CCn1c(CCC(N)=O)nnc1SCc1cccc2ccccc12. The molecule has 0 aliphatic heterocycles. The number of carbonyl (C=O) groups is 1. The van der Waals surface area contributed by atoms with Gasteiger partial charge in [-0.2, -0.15) is 0 Å². The Kier molecular flexibility index (Phi) is 5.15. The Morgan fingerprint density at radius 3 is 2.75 bits per heavy atom. The van der Waals surface area contributed by atoms with Crippen LogP contribution in [-0.2, 0) is 23.5 Å². The number of carbonyl (C=O) groups excluding carboxylic acids is 1. The second-order valence-electron chi connectivity index (χ2n) is 5.54. The lowest BCUT2D eigenvalue weighted by Crippen LogP contribution is -2.13. The Bertz CT molecular complexity index is 854. The molecule has 0 saturated heterocycles. The number of benzene rings is 2. The molecular weight excluding hydrogens is 320 g/mol. The highest BCUT2D eigenvalue weighted by atomic mass is 32.2. The summed E-state index contributed by atoms with van der Waals surface area (Å²) in [5, 5.41) is 11.9. The Morgan fingerprint density at radius 1 is 1.17 bits per heavy atom. The molecule has 0 atom stereocenters. The summed E-state index contributed by atoms with van der Waals surface area (Å²) in [7, 11) is 0. The lowest BCUT2D eigenvalue weighted by atomic mass is 10.1. The molecule has 0 fully saturated rings. The van der Waals surface area contributed by atoms with Crippen LogP contribution in [0.1, 0.15) is 24.7 Å². The zero-order valence-electron chi connectivity index (χ0n) is 13.6. The molecule has 0 unspecified atom stereocenters. The van der Waals surface area contributed by atoms with E-state index in [2.05, 4.69) is 64.2 Å². The molecule has 2 aromatic carbocycles. The van der Waals surface area contributed by atoms with Gasteiger partial charge in [-0.25, -0.2) is 0 Å². The van der Waals surface area contributed by atoms with Gasteiger partial charge in [0.25, 0.3) is 0 Å². The zero-order valence-corrected chi connectivity index (χ0v) is 14.4. The highest BCUT2D eigenvalue weighted by Crippen LogP contribution is 2.27. The zero-order chi connectivity index (χ0) is 16.9. The topological polar surface area (TPSA) is 73.8 Å². The molecular formula is C18H20N4OS. The Morgan fingerprint density at radius 2 is 1.96 bits per heavy atom. The molecule has 1 amide bonds. The predicted molar refractivity (Wildman–Crippen MR) is 96.7 cm³/mol. The lowest BCUT2D eigenvalue weighted by molar-refractivity contribution is -0.118. The first-order chi connectivity index (χ1) is 11.7. The third-order valence-corrected chi connectivity index (χ3v) is 4.96. The van der Waals surface area contributed by atoms with Crippen LogP contribution in [0.25, 0.3) is 10.8 Å². The van der Waals surface area contributed by atoms with Crippen molar-refractivity contribution < 1.29 is 4.79 Å². The van der Waals surface area contributed by atoms with Crippen LogP contribution in [0, 0.1) is 0 Å². The highest BCUT2D eigenvalue weighted by molar-refractivity contribution is 7.98. The number of hydrogen-bond acceptors (Lipinski definition) is 4. The van der Waals surface area contributed by atoms with Crippen LogP contribution in [0.4, 0.5) is 0 Å². The number of fused-ring (bicyclic) bond motifs is 1. The van der Waals surface area contributed by atoms with E-state index in [1.165, 1.54) is 16.3 Å². The maximum atomic E-state index is 11.0. The van der Waals surface area contributed by atoms with Crippen molar-refractivity contribution in [3.63, 3.8) is 0 Å². The standard InChI is InChI=1S/C18H20N4OS/c1-2-22-17(11-10-16(19)23)20-21-18(22)24-12-14-8-5-7-13-6-3-4-9-15(13)14/h3-9H,2,10-12H2,1H3,(H2,19,23). The smallest absolute Gasteiger partial charge is 0.217 e. The summed E-state index contributed by atoms with van der Waals surface area (Å²) in [4.78, 5) is 11.0. The van der Waals surface area contributed by atoms with Gasteiger partial charge >= 0.3 is 0 Å². The van der Waals surface area contributed by atoms with Crippen molar-refractivity contribution in [1.29, 1.82) is 0 Å². The minimum absolute atomic E-state index is 0.298. The molecule has 3 aromatic rings. The van der Waals surface area contributed by atoms with E-state index < -0.39 is 0 Å². The van der Waals surface area contributed by atoms with Crippen molar-refractivity contribution in [1.82, 2.24) is 14.8 Å². The summed E-state index contributed by atoms with van der Waals surface area (Å²) in [6.45, 7) is 2.83. The average Bonchev–Trinajstić information content (AvgIpc) is 3.00. The van der Waals surface area contributed by atoms with E-state index in [9.17, 15) is 4.79 Å². The predicted octanol–water partition coefficient (Wildman–Crippen LogP) is 3.16. The number of thioether (sulfide) groups is 1. The number of rotatable bonds is 7. The molecule has 0 spiro atoms. The molecule has 3 rings (SSSR count). The van der Waals surface area contributed by atoms with Crippen LogP contribution in [-0.4, -0.2) is 20.7 Å². The number of nitrogens with zero attached hydrogens (tertiary/aromatic N) is 3. The number of aryl methyl sites for hydroxylation is 1. The van der Waals surface area contributed by atoms with Gasteiger partial charge < -0.3 is 10.3 Å². The van der Waals surface area contributed by atoms with Gasteiger partial charge in [-0.3, -0.25) is 4.79 Å². The van der Waals surface area contributed by atoms with E-state index in [-0.39, 0.29) is 5.91 Å². The fourth-order valence-corrected chi connectivity index (χ4v) is 3.75. The first-order valence-electron chi connectivity index (χ1n) is 7.99. The molecule has 6 heteroatoms. The van der Waals surface area contributed by atoms with Gasteiger partial charge in [0.05, 0.1) is 0 Å². The van der Waals surface area contributed by atoms with Crippen LogP contribution >= 0.6 is 11.8 Å². The summed E-state index contributed by atoms with van der Waals surface area (Å²) in [5.74, 6) is 1.33. The Balaban J connectivity index is 1.77. The first-order valence-corrected chi connectivity index (χ1v) is 8.97. The number of nitrogens with two attached hydrogens (primary N) is 1. The molecule has 0 aliphatic rings. The second-order valence-corrected chi connectivity index (χ2v) is 6.48. The van der Waals surface area contributed by atoms with E-state index in [1.807, 2.05) is 0 Å². The van der Waals surface area contributed by atoms with Crippen LogP contribution < -0.4 is 5.73 Å². The summed E-state index contributed by atoms with van der Waals surface area (Å²) >= 11 is 1.67. The van der Waals surface area contributed by atoms with Gasteiger partial charge in [-0.1, -0.05) is 54.2 Å². The van der Waals surface area contributed by atoms with Crippen LogP contribution in [0.15, 0.2) is 47.6 Å². The minimum Gasteiger partial charge on any atom is -0.370 e. The van der Waals surface area contributed by atoms with Crippen molar-refractivity contribution in [2.45, 2.75) is 37.2 Å². The number of aromatic nitrogens is 3. The number of primary amides is 1. The molecule has 0 bridgehead atoms. The van der Waals surface area contributed by atoms with Gasteiger partial charge in [0.2, 0.25) is 5.91 Å². The molecule has 0 radical (unpaired) electrons. The molecule has 1 aromatic heterocycles. The quantitative estimate of drug-likeness (QED) is 0.671. The minimum atomic E-state index is -0.314. The molecule has 24 heavy (non-hydrogen) atoms. The largest absolute Gasteiger partial charge is 0.370 e. The molecule has 1 heterocycles. The third kappa shape index (κ3) is 3.59.